The molecule has 0 atom stereocenters. The van der Waals surface area contributed by atoms with Crippen LogP contribution in [0.2, 0.25) is 5.02 Å². The van der Waals surface area contributed by atoms with Crippen LogP contribution in [0.1, 0.15) is 0 Å². The van der Waals surface area contributed by atoms with Crippen molar-refractivity contribution in [1.29, 1.82) is 0 Å². The molecule has 0 aliphatic heterocycles. The molecule has 9 nitrogen and oxygen atoms in total. The van der Waals surface area contributed by atoms with E-state index in [1.165, 1.54) is 11.5 Å². The van der Waals surface area contributed by atoms with Gasteiger partial charge in [-0.05, 0) is 36.4 Å². The maximum absolute atomic E-state index is 12.5. The Morgan fingerprint density at radius 3 is 2.67 bits per heavy atom. The third kappa shape index (κ3) is 4.11. The van der Waals surface area contributed by atoms with E-state index in [-0.39, 0.29) is 12.3 Å². The van der Waals surface area contributed by atoms with E-state index < -0.39 is 11.6 Å². The predicted molar refractivity (Wildman–Crippen MR) is 114 cm³/mol. The number of aromatic nitrogens is 4. The first-order valence-electron chi connectivity index (χ1n) is 8.95. The molecule has 2 N–H and O–H groups in total. The number of carbonyl (C=O) groups excluding carboxylic acids is 1. The summed E-state index contributed by atoms with van der Waals surface area (Å²) in [5.41, 5.74) is 0.871. The molecule has 4 aromatic rings. The monoisotopic (exact) mass is 424 g/mol. The second kappa shape index (κ2) is 8.26. The second-order valence-corrected chi connectivity index (χ2v) is 6.72. The zero-order chi connectivity index (χ0) is 21.1. The van der Waals surface area contributed by atoms with Gasteiger partial charge < -0.3 is 15.4 Å². The molecule has 0 spiro atoms. The number of fused-ring (bicyclic) bond motifs is 1. The van der Waals surface area contributed by atoms with Crippen molar-refractivity contribution < 1.29 is 9.53 Å². The third-order valence-electron chi connectivity index (χ3n) is 4.23. The quantitative estimate of drug-likeness (QED) is 0.493. The summed E-state index contributed by atoms with van der Waals surface area (Å²) in [4.78, 5) is 29.2. The second-order valence-electron chi connectivity index (χ2n) is 6.31. The lowest BCUT2D eigenvalue weighted by Crippen LogP contribution is -2.28. The molecule has 30 heavy (non-hydrogen) atoms. The summed E-state index contributed by atoms with van der Waals surface area (Å²) in [5, 5.41) is 10.3. The van der Waals surface area contributed by atoms with E-state index in [1.807, 2.05) is 30.3 Å². The number of ether oxygens (including phenoxy) is 1. The first-order valence-corrected chi connectivity index (χ1v) is 9.33. The van der Waals surface area contributed by atoms with E-state index in [9.17, 15) is 9.59 Å². The topological polar surface area (TPSA) is 103 Å². The van der Waals surface area contributed by atoms with E-state index in [0.717, 1.165) is 10.4 Å². The molecule has 10 heteroatoms. The van der Waals surface area contributed by atoms with Crippen molar-refractivity contribution in [3.8, 4) is 5.75 Å². The van der Waals surface area contributed by atoms with Crippen LogP contribution in [-0.4, -0.2) is 32.2 Å². The number of amides is 1. The van der Waals surface area contributed by atoms with Gasteiger partial charge in [0.05, 0.1) is 12.1 Å². The van der Waals surface area contributed by atoms with Crippen molar-refractivity contribution in [2.75, 3.05) is 17.7 Å². The fraction of sp³-hybridized carbons (Fsp3) is 0.100. The van der Waals surface area contributed by atoms with Gasteiger partial charge in [-0.1, -0.05) is 29.8 Å². The molecule has 0 bridgehead atoms. The minimum absolute atomic E-state index is 0.182. The fourth-order valence-electron chi connectivity index (χ4n) is 2.83. The first-order chi connectivity index (χ1) is 14.5. The molecule has 2 aromatic heterocycles. The summed E-state index contributed by atoms with van der Waals surface area (Å²) < 4.78 is 7.40. The number of hydrogen-bond donors (Lipinski definition) is 2. The van der Waals surface area contributed by atoms with E-state index in [0.29, 0.717) is 22.3 Å². The normalized spacial score (nSPS) is 10.7. The van der Waals surface area contributed by atoms with Crippen molar-refractivity contribution in [2.24, 2.45) is 0 Å². The Balaban J connectivity index is 1.51. The number of nitrogens with one attached hydrogen (secondary N) is 2. The molecule has 0 aliphatic rings. The highest BCUT2D eigenvalue weighted by Crippen LogP contribution is 2.27. The summed E-state index contributed by atoms with van der Waals surface area (Å²) in [5.74, 6) is 0.783. The zero-order valence-electron chi connectivity index (χ0n) is 15.9. The Morgan fingerprint density at radius 1 is 1.13 bits per heavy atom. The minimum Gasteiger partial charge on any atom is -0.495 e. The van der Waals surface area contributed by atoms with Crippen molar-refractivity contribution in [2.45, 2.75) is 6.54 Å². The molecule has 0 aliphatic carbocycles. The van der Waals surface area contributed by atoms with Gasteiger partial charge in [-0.2, -0.15) is 4.98 Å². The summed E-state index contributed by atoms with van der Waals surface area (Å²) in [6, 6.07) is 16.0. The molecule has 152 valence electrons. The van der Waals surface area contributed by atoms with E-state index in [1.54, 1.807) is 30.5 Å². The van der Waals surface area contributed by atoms with Crippen LogP contribution >= 0.6 is 11.6 Å². The van der Waals surface area contributed by atoms with Gasteiger partial charge in [0.2, 0.25) is 5.91 Å². The number of benzene rings is 2. The molecule has 1 amide bonds. The van der Waals surface area contributed by atoms with Gasteiger partial charge in [0.25, 0.3) is 5.78 Å². The van der Waals surface area contributed by atoms with Crippen molar-refractivity contribution in [1.82, 2.24) is 19.2 Å². The maximum atomic E-state index is 12.5. The average Bonchev–Trinajstić information content (AvgIpc) is 3.03. The van der Waals surface area contributed by atoms with E-state index in [2.05, 4.69) is 20.7 Å². The number of para-hydroxylation sites is 1. The largest absolute Gasteiger partial charge is 0.495 e. The molecular formula is C20H17ClN6O3. The number of nitrogens with zero attached hydrogens (tertiary/aromatic N) is 4. The molecule has 2 heterocycles. The van der Waals surface area contributed by atoms with Crippen LogP contribution in [0.4, 0.5) is 17.2 Å². The Hall–Kier alpha value is -3.85. The first kappa shape index (κ1) is 19.5. The van der Waals surface area contributed by atoms with E-state index >= 15 is 0 Å². The number of halogens is 1. The highest BCUT2D eigenvalue weighted by molar-refractivity contribution is 6.32. The summed E-state index contributed by atoms with van der Waals surface area (Å²) >= 11 is 6.06. The molecule has 4 rings (SSSR count). The van der Waals surface area contributed by atoms with Gasteiger partial charge in [-0.25, -0.2) is 13.9 Å². The zero-order valence-corrected chi connectivity index (χ0v) is 16.6. The number of hydrogen-bond acceptors (Lipinski definition) is 6. The SMILES string of the molecule is COc1ccc(NC(=O)Cn2nc3nc(Nc4ccccc4)ccn3c2=O)cc1Cl. The number of rotatable bonds is 6. The fourth-order valence-corrected chi connectivity index (χ4v) is 3.09. The van der Waals surface area contributed by atoms with Gasteiger partial charge in [0, 0.05) is 17.6 Å². The summed E-state index contributed by atoms with van der Waals surface area (Å²) in [7, 11) is 1.50. The predicted octanol–water partition coefficient (Wildman–Crippen LogP) is 2.94. The highest BCUT2D eigenvalue weighted by Gasteiger charge is 2.13. The van der Waals surface area contributed by atoms with Gasteiger partial charge in [-0.15, -0.1) is 5.10 Å². The Morgan fingerprint density at radius 2 is 1.93 bits per heavy atom. The Bertz CT molecular complexity index is 1270. The van der Waals surface area contributed by atoms with Crippen LogP contribution in [0.15, 0.2) is 65.6 Å². The van der Waals surface area contributed by atoms with Gasteiger partial charge in [-0.3, -0.25) is 4.79 Å². The summed E-state index contributed by atoms with van der Waals surface area (Å²) in [6.45, 7) is -0.271. The molecule has 2 aromatic carbocycles. The van der Waals surface area contributed by atoms with Crippen LogP contribution in [0, 0.1) is 0 Å². The average molecular weight is 425 g/mol. The lowest BCUT2D eigenvalue weighted by molar-refractivity contribution is -0.117. The smallest absolute Gasteiger partial charge is 0.352 e. The van der Waals surface area contributed by atoms with Crippen LogP contribution < -0.4 is 21.1 Å². The molecule has 0 radical (unpaired) electrons. The lowest BCUT2D eigenvalue weighted by Gasteiger charge is -2.07. The molecule has 0 unspecified atom stereocenters. The highest BCUT2D eigenvalue weighted by atomic mass is 35.5. The van der Waals surface area contributed by atoms with Crippen LogP contribution in [0.25, 0.3) is 5.78 Å². The van der Waals surface area contributed by atoms with Crippen molar-refractivity contribution in [3.05, 3.63) is 76.3 Å². The maximum Gasteiger partial charge on any atom is 0.352 e. The Kier molecular flexibility index (Phi) is 5.36. The third-order valence-corrected chi connectivity index (χ3v) is 4.52. The van der Waals surface area contributed by atoms with Gasteiger partial charge in [0.1, 0.15) is 18.1 Å². The summed E-state index contributed by atoms with van der Waals surface area (Å²) in [6.07, 6.45) is 1.56. The molecular weight excluding hydrogens is 408 g/mol. The van der Waals surface area contributed by atoms with Gasteiger partial charge >= 0.3 is 5.69 Å². The molecule has 0 saturated heterocycles. The molecule has 0 saturated carbocycles. The number of anilines is 3. The van der Waals surface area contributed by atoms with Crippen LogP contribution in [0.5, 0.6) is 5.75 Å². The minimum atomic E-state index is -0.466. The van der Waals surface area contributed by atoms with Crippen LogP contribution in [-0.2, 0) is 11.3 Å². The number of carbonyl (C=O) groups is 1. The molecule has 0 fully saturated rings. The standard InChI is InChI=1S/C20H17ClN6O3/c1-30-16-8-7-14(11-15(16)21)23-18(28)12-27-20(29)26-10-9-17(24-19(26)25-27)22-13-5-3-2-4-6-13/h2-11H,12H2,1H3,(H,23,28)(H,22,24,25). The van der Waals surface area contributed by atoms with E-state index in [4.69, 9.17) is 16.3 Å². The van der Waals surface area contributed by atoms with Crippen molar-refractivity contribution in [3.63, 3.8) is 0 Å². The van der Waals surface area contributed by atoms with Crippen LogP contribution in [0.3, 0.4) is 0 Å². The van der Waals surface area contributed by atoms with Crippen molar-refractivity contribution >= 4 is 40.5 Å². The lowest BCUT2D eigenvalue weighted by atomic mass is 10.3. The Labute approximate surface area is 175 Å². The number of methoxy groups -OCH3 is 1. The van der Waals surface area contributed by atoms with Gasteiger partial charge in [0.15, 0.2) is 0 Å².